The molecule has 0 spiro atoms. The molecule has 1 aliphatic rings. The Bertz CT molecular complexity index is 948. The molecule has 0 bridgehead atoms. The molecule has 3 rings (SSSR count). The van der Waals surface area contributed by atoms with E-state index in [1.54, 1.807) is 31.4 Å². The average Bonchev–Trinajstić information content (AvgIpc) is 2.83. The van der Waals surface area contributed by atoms with Gasteiger partial charge in [-0.3, -0.25) is 4.99 Å². The van der Waals surface area contributed by atoms with Crippen LogP contribution in [-0.2, 0) is 14.3 Å². The van der Waals surface area contributed by atoms with Crippen LogP contribution in [0.4, 0.5) is 0 Å². The van der Waals surface area contributed by atoms with Crippen LogP contribution in [0.1, 0.15) is 41.6 Å². The lowest BCUT2D eigenvalue weighted by Gasteiger charge is -2.19. The average molecular weight is 421 g/mol. The number of hydrogen-bond donors (Lipinski definition) is 0. The van der Waals surface area contributed by atoms with Crippen LogP contribution in [0.5, 0.6) is 5.75 Å². The molecule has 162 valence electrons. The number of ether oxygens (including phenoxy) is 3. The molecule has 1 atom stereocenters. The standard InChI is InChI=1S/C25H27NO5/c1-29-21-12-10-18(11-13-21)17-20-9-6-16-26-22(20)14-15-23(25(28)30-2)31-24(27)19-7-4-3-5-8-19/h3-5,7-8,10-13,17,23H,6,9,14-16H2,1-2H3/b20-17+/t23-/m1/s1. The fourth-order valence-corrected chi connectivity index (χ4v) is 3.42. The third-order valence-corrected chi connectivity index (χ3v) is 5.10. The molecule has 2 aromatic rings. The lowest BCUT2D eigenvalue weighted by atomic mass is 9.95. The molecule has 0 saturated carbocycles. The molecule has 6 heteroatoms. The van der Waals surface area contributed by atoms with E-state index < -0.39 is 18.0 Å². The van der Waals surface area contributed by atoms with Crippen molar-refractivity contribution in [2.24, 2.45) is 4.99 Å². The highest BCUT2D eigenvalue weighted by molar-refractivity contribution is 6.04. The lowest BCUT2D eigenvalue weighted by molar-refractivity contribution is -0.151. The molecule has 0 aliphatic carbocycles. The zero-order chi connectivity index (χ0) is 22.1. The molecule has 0 radical (unpaired) electrons. The van der Waals surface area contributed by atoms with Crippen LogP contribution in [0, 0.1) is 0 Å². The summed E-state index contributed by atoms with van der Waals surface area (Å²) in [6.07, 6.45) is 3.85. The Labute approximate surface area is 182 Å². The minimum absolute atomic E-state index is 0.310. The summed E-state index contributed by atoms with van der Waals surface area (Å²) in [6.45, 7) is 0.752. The Morgan fingerprint density at radius 3 is 2.48 bits per heavy atom. The Hall–Kier alpha value is -3.41. The van der Waals surface area contributed by atoms with Crippen molar-refractivity contribution in [3.63, 3.8) is 0 Å². The maximum Gasteiger partial charge on any atom is 0.347 e. The van der Waals surface area contributed by atoms with Gasteiger partial charge in [0.1, 0.15) is 5.75 Å². The fraction of sp³-hybridized carbons (Fsp3) is 0.320. The second kappa shape index (κ2) is 11.1. The molecule has 0 amide bonds. The van der Waals surface area contributed by atoms with Crippen LogP contribution < -0.4 is 4.74 Å². The first-order valence-corrected chi connectivity index (χ1v) is 10.3. The zero-order valence-corrected chi connectivity index (χ0v) is 17.9. The summed E-state index contributed by atoms with van der Waals surface area (Å²) < 4.78 is 15.5. The van der Waals surface area contributed by atoms with Crippen molar-refractivity contribution in [3.8, 4) is 5.75 Å². The lowest BCUT2D eigenvalue weighted by Crippen LogP contribution is -2.29. The summed E-state index contributed by atoms with van der Waals surface area (Å²) >= 11 is 0. The third kappa shape index (κ3) is 6.28. The summed E-state index contributed by atoms with van der Waals surface area (Å²) in [4.78, 5) is 29.3. The molecule has 0 fully saturated rings. The SMILES string of the molecule is COC(=O)[C@@H](CCC1=NCCC/C1=C\c1ccc(OC)cc1)OC(=O)c1ccccc1. The van der Waals surface area contributed by atoms with Crippen LogP contribution in [0.15, 0.2) is 65.2 Å². The van der Waals surface area contributed by atoms with Crippen molar-refractivity contribution >= 4 is 23.7 Å². The summed E-state index contributed by atoms with van der Waals surface area (Å²) in [5, 5.41) is 0. The van der Waals surface area contributed by atoms with Gasteiger partial charge in [0.15, 0.2) is 6.10 Å². The van der Waals surface area contributed by atoms with Crippen LogP contribution in [0.3, 0.4) is 0 Å². The molecule has 0 saturated heterocycles. The molecule has 31 heavy (non-hydrogen) atoms. The highest BCUT2D eigenvalue weighted by Gasteiger charge is 2.26. The number of rotatable bonds is 8. The van der Waals surface area contributed by atoms with Crippen molar-refractivity contribution in [2.75, 3.05) is 20.8 Å². The van der Waals surface area contributed by atoms with E-state index in [1.807, 2.05) is 30.3 Å². The fourth-order valence-electron chi connectivity index (χ4n) is 3.42. The van der Waals surface area contributed by atoms with Crippen molar-refractivity contribution in [1.82, 2.24) is 0 Å². The molecular formula is C25H27NO5. The quantitative estimate of drug-likeness (QED) is 0.587. The molecule has 0 N–H and O–H groups in total. The van der Waals surface area contributed by atoms with Gasteiger partial charge in [0.05, 0.1) is 19.8 Å². The summed E-state index contributed by atoms with van der Waals surface area (Å²) in [5.41, 5.74) is 3.53. The minimum atomic E-state index is -0.982. The molecule has 0 unspecified atom stereocenters. The summed E-state index contributed by atoms with van der Waals surface area (Å²) in [5.74, 6) is -0.308. The first kappa shape index (κ1) is 22.3. The monoisotopic (exact) mass is 421 g/mol. The second-order valence-electron chi connectivity index (χ2n) is 7.20. The van der Waals surface area contributed by atoms with Gasteiger partial charge in [-0.15, -0.1) is 0 Å². The predicted molar refractivity (Wildman–Crippen MR) is 119 cm³/mol. The van der Waals surface area contributed by atoms with Crippen LogP contribution in [-0.4, -0.2) is 44.5 Å². The Morgan fingerprint density at radius 1 is 1.06 bits per heavy atom. The summed E-state index contributed by atoms with van der Waals surface area (Å²) in [6, 6.07) is 16.4. The highest BCUT2D eigenvalue weighted by atomic mass is 16.6. The number of benzene rings is 2. The van der Waals surface area contributed by atoms with E-state index >= 15 is 0 Å². The van der Waals surface area contributed by atoms with Gasteiger partial charge >= 0.3 is 11.9 Å². The molecule has 6 nitrogen and oxygen atoms in total. The normalized spacial score (nSPS) is 15.7. The Kier molecular flexibility index (Phi) is 7.98. The first-order valence-electron chi connectivity index (χ1n) is 10.3. The van der Waals surface area contributed by atoms with E-state index in [0.29, 0.717) is 18.4 Å². The number of carbonyl (C=O) groups is 2. The number of allylic oxidation sites excluding steroid dienone is 1. The molecule has 0 aromatic heterocycles. The number of methoxy groups -OCH3 is 2. The molecular weight excluding hydrogens is 394 g/mol. The van der Waals surface area contributed by atoms with E-state index in [0.717, 1.165) is 42.0 Å². The topological polar surface area (TPSA) is 74.2 Å². The maximum absolute atomic E-state index is 12.4. The second-order valence-corrected chi connectivity index (χ2v) is 7.20. The van der Waals surface area contributed by atoms with Gasteiger partial charge in [-0.1, -0.05) is 30.3 Å². The van der Waals surface area contributed by atoms with Crippen molar-refractivity contribution in [2.45, 2.75) is 31.8 Å². The van der Waals surface area contributed by atoms with Crippen LogP contribution >= 0.6 is 0 Å². The zero-order valence-electron chi connectivity index (χ0n) is 17.9. The van der Waals surface area contributed by atoms with Gasteiger partial charge in [0.2, 0.25) is 0 Å². The van der Waals surface area contributed by atoms with E-state index in [2.05, 4.69) is 11.1 Å². The van der Waals surface area contributed by atoms with E-state index in [-0.39, 0.29) is 0 Å². The maximum atomic E-state index is 12.4. The van der Waals surface area contributed by atoms with E-state index in [4.69, 9.17) is 14.2 Å². The number of nitrogens with zero attached hydrogens (tertiary/aromatic N) is 1. The predicted octanol–water partition coefficient (Wildman–Crippen LogP) is 4.49. The van der Waals surface area contributed by atoms with Crippen molar-refractivity contribution in [3.05, 3.63) is 71.3 Å². The van der Waals surface area contributed by atoms with Gasteiger partial charge in [-0.25, -0.2) is 9.59 Å². The largest absolute Gasteiger partial charge is 0.497 e. The number of carbonyl (C=O) groups excluding carboxylic acids is 2. The van der Waals surface area contributed by atoms with Gasteiger partial charge in [-0.05, 0) is 60.7 Å². The van der Waals surface area contributed by atoms with Crippen LogP contribution in [0.2, 0.25) is 0 Å². The van der Waals surface area contributed by atoms with E-state index in [9.17, 15) is 9.59 Å². The van der Waals surface area contributed by atoms with Crippen LogP contribution in [0.25, 0.3) is 6.08 Å². The first-order chi connectivity index (χ1) is 15.1. The van der Waals surface area contributed by atoms with Crippen molar-refractivity contribution in [1.29, 1.82) is 0 Å². The number of esters is 2. The summed E-state index contributed by atoms with van der Waals surface area (Å²) in [7, 11) is 2.93. The van der Waals surface area contributed by atoms with Gasteiger partial charge in [0, 0.05) is 18.7 Å². The molecule has 1 heterocycles. The highest BCUT2D eigenvalue weighted by Crippen LogP contribution is 2.23. The number of aliphatic imine (C=N–C) groups is 1. The Balaban J connectivity index is 1.69. The third-order valence-electron chi connectivity index (χ3n) is 5.10. The van der Waals surface area contributed by atoms with E-state index in [1.165, 1.54) is 7.11 Å². The van der Waals surface area contributed by atoms with Gasteiger partial charge in [-0.2, -0.15) is 0 Å². The minimum Gasteiger partial charge on any atom is -0.497 e. The molecule has 1 aliphatic heterocycles. The van der Waals surface area contributed by atoms with Gasteiger partial charge in [0.25, 0.3) is 0 Å². The Morgan fingerprint density at radius 2 is 1.81 bits per heavy atom. The van der Waals surface area contributed by atoms with Crippen molar-refractivity contribution < 1.29 is 23.8 Å². The number of hydrogen-bond acceptors (Lipinski definition) is 6. The smallest absolute Gasteiger partial charge is 0.347 e. The molecule has 2 aromatic carbocycles. The van der Waals surface area contributed by atoms with Gasteiger partial charge < -0.3 is 14.2 Å².